The highest BCUT2D eigenvalue weighted by Crippen LogP contribution is 2.19. The zero-order valence-corrected chi connectivity index (χ0v) is 11.3. The van der Waals surface area contributed by atoms with Crippen molar-refractivity contribution in [3.05, 3.63) is 29.6 Å². The Bertz CT molecular complexity index is 467. The number of urea groups is 1. The molecule has 1 aromatic carbocycles. The third kappa shape index (κ3) is 5.08. The number of hydrogen-bond donors (Lipinski definition) is 2. The number of anilines is 1. The van der Waals surface area contributed by atoms with Crippen LogP contribution in [0.2, 0.25) is 0 Å². The van der Waals surface area contributed by atoms with E-state index in [0.29, 0.717) is 19.6 Å². The molecule has 0 saturated carbocycles. The molecule has 0 atom stereocenters. The third-order valence-electron chi connectivity index (χ3n) is 2.34. The summed E-state index contributed by atoms with van der Waals surface area (Å²) in [6.45, 7) is 4.60. The molecule has 2 N–H and O–H groups in total. The smallest absolute Gasteiger partial charge is 0.319 e. The highest BCUT2D eigenvalue weighted by Gasteiger charge is 2.14. The van der Waals surface area contributed by atoms with E-state index in [-0.39, 0.29) is 6.10 Å². The molecule has 7 heteroatoms. The maximum absolute atomic E-state index is 13.3. The van der Waals surface area contributed by atoms with Gasteiger partial charge in [0.1, 0.15) is 0 Å². The van der Waals surface area contributed by atoms with Crippen molar-refractivity contribution in [1.82, 2.24) is 5.32 Å². The number of hydrogen-bond acceptors (Lipinski definition) is 2. The highest BCUT2D eigenvalue weighted by molar-refractivity contribution is 5.89. The van der Waals surface area contributed by atoms with Crippen molar-refractivity contribution in [2.24, 2.45) is 0 Å². The monoisotopic (exact) mass is 290 g/mol. The fraction of sp³-hybridized carbons (Fsp3) is 0.462. The molecule has 0 aliphatic carbocycles. The van der Waals surface area contributed by atoms with Crippen molar-refractivity contribution in [3.8, 4) is 0 Å². The second kappa shape index (κ2) is 7.74. The van der Waals surface area contributed by atoms with Crippen LogP contribution in [0.5, 0.6) is 0 Å². The van der Waals surface area contributed by atoms with Crippen LogP contribution in [0.4, 0.5) is 23.7 Å². The molecule has 0 bridgehead atoms. The lowest BCUT2D eigenvalue weighted by molar-refractivity contribution is 0.0775. The van der Waals surface area contributed by atoms with Crippen molar-refractivity contribution >= 4 is 11.7 Å². The van der Waals surface area contributed by atoms with Crippen molar-refractivity contribution in [3.63, 3.8) is 0 Å². The minimum Gasteiger partial charge on any atom is -0.379 e. The first-order chi connectivity index (χ1) is 9.41. The normalized spacial score (nSPS) is 10.7. The van der Waals surface area contributed by atoms with Gasteiger partial charge in [0.15, 0.2) is 17.5 Å². The van der Waals surface area contributed by atoms with Crippen LogP contribution in [0, 0.1) is 17.5 Å². The molecule has 0 aliphatic heterocycles. The van der Waals surface area contributed by atoms with Crippen molar-refractivity contribution in [2.45, 2.75) is 26.4 Å². The van der Waals surface area contributed by atoms with Crippen LogP contribution in [0.25, 0.3) is 0 Å². The Balaban J connectivity index is 2.38. The summed E-state index contributed by atoms with van der Waals surface area (Å²) in [4.78, 5) is 11.4. The minimum absolute atomic E-state index is 0.111. The summed E-state index contributed by atoms with van der Waals surface area (Å²) in [6.07, 6.45) is 0.700. The summed E-state index contributed by atoms with van der Waals surface area (Å²) in [5.41, 5.74) is -0.417. The minimum atomic E-state index is -1.62. The summed E-state index contributed by atoms with van der Waals surface area (Å²) in [7, 11) is 0. The summed E-state index contributed by atoms with van der Waals surface area (Å²) in [5.74, 6) is -4.35. The van der Waals surface area contributed by atoms with Gasteiger partial charge >= 0.3 is 6.03 Å². The van der Waals surface area contributed by atoms with Gasteiger partial charge in [0.25, 0.3) is 0 Å². The molecule has 0 spiro atoms. The number of carbonyl (C=O) groups excluding carboxylic acids is 1. The number of nitrogens with one attached hydrogen (secondary N) is 2. The molecule has 0 heterocycles. The zero-order valence-electron chi connectivity index (χ0n) is 11.3. The van der Waals surface area contributed by atoms with E-state index in [1.807, 2.05) is 13.8 Å². The van der Waals surface area contributed by atoms with Gasteiger partial charge in [-0.2, -0.15) is 0 Å². The standard InChI is InChI=1S/C13H17F3N2O2/c1-8(2)20-7-3-6-17-13(19)18-10-5-4-9(14)11(15)12(10)16/h4-5,8H,3,6-7H2,1-2H3,(H2,17,18,19). The predicted octanol–water partition coefficient (Wildman–Crippen LogP) is 3.04. The highest BCUT2D eigenvalue weighted by atomic mass is 19.2. The molecule has 20 heavy (non-hydrogen) atoms. The van der Waals surface area contributed by atoms with Gasteiger partial charge in [-0.25, -0.2) is 18.0 Å². The Hall–Kier alpha value is -1.76. The molecule has 2 amide bonds. The van der Waals surface area contributed by atoms with Gasteiger partial charge in [0.05, 0.1) is 11.8 Å². The molecule has 1 rings (SSSR count). The van der Waals surface area contributed by atoms with Crippen molar-refractivity contribution in [2.75, 3.05) is 18.5 Å². The Kier molecular flexibility index (Phi) is 6.30. The Labute approximate surface area is 115 Å². The van der Waals surface area contributed by atoms with Gasteiger partial charge in [-0.1, -0.05) is 0 Å². The molecule has 0 aliphatic rings. The van der Waals surface area contributed by atoms with Gasteiger partial charge < -0.3 is 15.4 Å². The number of amides is 2. The van der Waals surface area contributed by atoms with Gasteiger partial charge in [0.2, 0.25) is 0 Å². The molecular weight excluding hydrogens is 273 g/mol. The molecule has 112 valence electrons. The molecule has 0 aromatic heterocycles. The first-order valence-corrected chi connectivity index (χ1v) is 6.21. The number of rotatable bonds is 6. The lowest BCUT2D eigenvalue weighted by Crippen LogP contribution is -2.30. The first kappa shape index (κ1) is 16.3. The van der Waals surface area contributed by atoms with Crippen LogP contribution < -0.4 is 10.6 Å². The van der Waals surface area contributed by atoms with Gasteiger partial charge in [-0.3, -0.25) is 0 Å². The summed E-state index contributed by atoms with van der Waals surface area (Å²) >= 11 is 0. The zero-order chi connectivity index (χ0) is 15.1. The first-order valence-electron chi connectivity index (χ1n) is 6.21. The number of ether oxygens (including phenoxy) is 1. The summed E-state index contributed by atoms with van der Waals surface area (Å²) < 4.78 is 44.2. The van der Waals surface area contributed by atoms with Gasteiger partial charge in [-0.05, 0) is 32.4 Å². The van der Waals surface area contributed by atoms with Crippen LogP contribution in [-0.2, 0) is 4.74 Å². The lowest BCUT2D eigenvalue weighted by atomic mass is 10.3. The second-order valence-electron chi connectivity index (χ2n) is 4.38. The fourth-order valence-electron chi connectivity index (χ4n) is 1.38. The van der Waals surface area contributed by atoms with Crippen LogP contribution in [0.3, 0.4) is 0 Å². The molecule has 1 aromatic rings. The van der Waals surface area contributed by atoms with Crippen LogP contribution >= 0.6 is 0 Å². The van der Waals surface area contributed by atoms with E-state index in [4.69, 9.17) is 4.74 Å². The van der Waals surface area contributed by atoms with E-state index in [1.54, 1.807) is 0 Å². The number of carbonyl (C=O) groups is 1. The van der Waals surface area contributed by atoms with Gasteiger partial charge in [-0.15, -0.1) is 0 Å². The van der Waals surface area contributed by atoms with Gasteiger partial charge in [0, 0.05) is 13.2 Å². The molecule has 4 nitrogen and oxygen atoms in total. The molecular formula is C13H17F3N2O2. The third-order valence-corrected chi connectivity index (χ3v) is 2.34. The second-order valence-corrected chi connectivity index (χ2v) is 4.38. The molecule has 0 radical (unpaired) electrons. The largest absolute Gasteiger partial charge is 0.379 e. The Morgan fingerprint density at radius 3 is 2.60 bits per heavy atom. The van der Waals surface area contributed by atoms with Crippen molar-refractivity contribution in [1.29, 1.82) is 0 Å². The molecule has 0 saturated heterocycles. The number of halogens is 3. The van der Waals surface area contributed by atoms with E-state index in [2.05, 4.69) is 10.6 Å². The molecule has 0 fully saturated rings. The topological polar surface area (TPSA) is 50.4 Å². The van der Waals surface area contributed by atoms with E-state index in [1.165, 1.54) is 0 Å². The summed E-state index contributed by atoms with van der Waals surface area (Å²) in [6, 6.07) is 0.999. The van der Waals surface area contributed by atoms with Crippen LogP contribution in [0.15, 0.2) is 12.1 Å². The maximum Gasteiger partial charge on any atom is 0.319 e. The van der Waals surface area contributed by atoms with E-state index in [0.717, 1.165) is 12.1 Å². The number of benzene rings is 1. The lowest BCUT2D eigenvalue weighted by Gasteiger charge is -2.10. The average Bonchev–Trinajstić information content (AvgIpc) is 2.39. The molecule has 0 unspecified atom stereocenters. The van der Waals surface area contributed by atoms with E-state index >= 15 is 0 Å². The van der Waals surface area contributed by atoms with E-state index < -0.39 is 29.2 Å². The Morgan fingerprint density at radius 2 is 1.95 bits per heavy atom. The SMILES string of the molecule is CC(C)OCCCNC(=O)Nc1ccc(F)c(F)c1F. The fourth-order valence-corrected chi connectivity index (χ4v) is 1.38. The summed E-state index contributed by atoms with van der Waals surface area (Å²) in [5, 5.41) is 4.56. The van der Waals surface area contributed by atoms with E-state index in [9.17, 15) is 18.0 Å². The van der Waals surface area contributed by atoms with Crippen molar-refractivity contribution < 1.29 is 22.7 Å². The maximum atomic E-state index is 13.3. The van der Waals surface area contributed by atoms with Crippen LogP contribution in [-0.4, -0.2) is 25.3 Å². The Morgan fingerprint density at radius 1 is 1.25 bits per heavy atom. The quantitative estimate of drug-likeness (QED) is 0.625. The van der Waals surface area contributed by atoms with Crippen LogP contribution in [0.1, 0.15) is 20.3 Å². The average molecular weight is 290 g/mol. The predicted molar refractivity (Wildman–Crippen MR) is 69.0 cm³/mol.